The first-order valence-corrected chi connectivity index (χ1v) is 10.0. The molecule has 0 unspecified atom stereocenters. The van der Waals surface area contributed by atoms with Crippen LogP contribution >= 0.6 is 0 Å². The Morgan fingerprint density at radius 2 is 1.32 bits per heavy atom. The van der Waals surface area contributed by atoms with Crippen molar-refractivity contribution in [1.82, 2.24) is 0 Å². The number of amides is 2. The second-order valence-corrected chi connectivity index (χ2v) is 7.96. The zero-order valence-corrected chi connectivity index (χ0v) is 16.7. The normalized spacial score (nSPS) is 25.6. The van der Waals surface area contributed by atoms with Crippen molar-refractivity contribution in [2.45, 2.75) is 6.42 Å². The second-order valence-electron chi connectivity index (χ2n) is 7.96. The van der Waals surface area contributed by atoms with Crippen LogP contribution in [0.2, 0.25) is 0 Å². The van der Waals surface area contributed by atoms with Gasteiger partial charge in [-0.05, 0) is 66.8 Å². The van der Waals surface area contributed by atoms with Crippen LogP contribution in [0, 0.1) is 23.7 Å². The molecule has 0 N–H and O–H groups in total. The lowest BCUT2D eigenvalue weighted by Gasteiger charge is -2.17. The summed E-state index contributed by atoms with van der Waals surface area (Å²) in [5.41, 5.74) is 1.09. The van der Waals surface area contributed by atoms with Crippen LogP contribution in [-0.2, 0) is 14.3 Å². The molecule has 2 aliphatic carbocycles. The average molecular weight is 417 g/mol. The van der Waals surface area contributed by atoms with Gasteiger partial charge in [0.15, 0.2) is 0 Å². The molecule has 2 fully saturated rings. The third-order valence-corrected chi connectivity index (χ3v) is 6.32. The molecule has 3 aliphatic rings. The maximum atomic E-state index is 12.9. The van der Waals surface area contributed by atoms with Crippen molar-refractivity contribution in [2.75, 3.05) is 12.0 Å². The lowest BCUT2D eigenvalue weighted by Crippen LogP contribution is -2.32. The Bertz CT molecular complexity index is 1090. The smallest absolute Gasteiger partial charge is 0.343 e. The molecule has 156 valence electrons. The lowest BCUT2D eigenvalue weighted by molar-refractivity contribution is -0.123. The topological polar surface area (TPSA) is 90.0 Å². The number of imide groups is 1. The molecule has 4 atom stereocenters. The zero-order valence-electron chi connectivity index (χ0n) is 16.7. The van der Waals surface area contributed by atoms with Crippen LogP contribution < -0.4 is 9.64 Å². The summed E-state index contributed by atoms with van der Waals surface area (Å²) in [6.45, 7) is 0. The van der Waals surface area contributed by atoms with Gasteiger partial charge in [0.2, 0.25) is 11.8 Å². The molecule has 2 amide bonds. The SMILES string of the molecule is COC(=O)c1ccc(OC(=O)c2ccc(N3C(=O)[C@@H]4[C@@H](C3=O)[C@@H]3C=C[C@@H]4C3)cc2)cc1. The second kappa shape index (κ2) is 7.19. The molecule has 0 radical (unpaired) electrons. The third kappa shape index (κ3) is 3.04. The monoisotopic (exact) mass is 417 g/mol. The predicted octanol–water partition coefficient (Wildman–Crippen LogP) is 3.00. The summed E-state index contributed by atoms with van der Waals surface area (Å²) in [5, 5.41) is 0. The van der Waals surface area contributed by atoms with Crippen molar-refractivity contribution in [3.8, 4) is 5.75 Å². The summed E-state index contributed by atoms with van der Waals surface area (Å²) < 4.78 is 9.96. The van der Waals surface area contributed by atoms with Crippen LogP contribution in [-0.4, -0.2) is 30.9 Å². The Morgan fingerprint density at radius 3 is 1.87 bits per heavy atom. The first-order chi connectivity index (χ1) is 15.0. The minimum atomic E-state index is -0.587. The number of carbonyl (C=O) groups is 4. The Kier molecular flexibility index (Phi) is 4.46. The summed E-state index contributed by atoms with van der Waals surface area (Å²) in [6.07, 6.45) is 4.99. The number of benzene rings is 2. The number of rotatable bonds is 4. The maximum absolute atomic E-state index is 12.9. The number of hydrogen-bond donors (Lipinski definition) is 0. The van der Waals surface area contributed by atoms with E-state index in [1.165, 1.54) is 48.4 Å². The Hall–Kier alpha value is -3.74. The van der Waals surface area contributed by atoms with E-state index in [9.17, 15) is 19.2 Å². The number of ether oxygens (including phenoxy) is 2. The number of allylic oxidation sites excluding steroid dienone is 2. The van der Waals surface area contributed by atoms with Crippen LogP contribution in [0.5, 0.6) is 5.75 Å². The van der Waals surface area contributed by atoms with Gasteiger partial charge in [-0.25, -0.2) is 9.59 Å². The quantitative estimate of drug-likeness (QED) is 0.329. The molecular weight excluding hydrogens is 398 g/mol. The van der Waals surface area contributed by atoms with Crippen molar-refractivity contribution in [3.05, 3.63) is 71.8 Å². The van der Waals surface area contributed by atoms with E-state index < -0.39 is 11.9 Å². The summed E-state index contributed by atoms with van der Waals surface area (Å²) in [4.78, 5) is 50.9. The molecule has 2 bridgehead atoms. The van der Waals surface area contributed by atoms with Gasteiger partial charge >= 0.3 is 11.9 Å². The minimum Gasteiger partial charge on any atom is -0.465 e. The van der Waals surface area contributed by atoms with E-state index in [2.05, 4.69) is 16.9 Å². The first-order valence-electron chi connectivity index (χ1n) is 10.0. The van der Waals surface area contributed by atoms with Crippen LogP contribution in [0.25, 0.3) is 0 Å². The van der Waals surface area contributed by atoms with Crippen molar-refractivity contribution in [3.63, 3.8) is 0 Å². The number of anilines is 1. The molecule has 0 aromatic heterocycles. The molecule has 2 aromatic carbocycles. The summed E-state index contributed by atoms with van der Waals surface area (Å²) >= 11 is 0. The molecule has 0 spiro atoms. The van der Waals surface area contributed by atoms with Crippen LogP contribution in [0.4, 0.5) is 5.69 Å². The molecular formula is C24H19NO6. The highest BCUT2D eigenvalue weighted by Crippen LogP contribution is 2.53. The number of esters is 2. The molecule has 31 heavy (non-hydrogen) atoms. The largest absolute Gasteiger partial charge is 0.465 e. The van der Waals surface area contributed by atoms with Gasteiger partial charge in [0.05, 0.1) is 35.8 Å². The number of hydrogen-bond acceptors (Lipinski definition) is 6. The van der Waals surface area contributed by atoms with Crippen molar-refractivity contribution in [2.24, 2.45) is 23.7 Å². The van der Waals surface area contributed by atoms with Crippen molar-refractivity contribution >= 4 is 29.4 Å². The molecule has 2 aromatic rings. The molecule has 1 aliphatic heterocycles. The maximum Gasteiger partial charge on any atom is 0.343 e. The molecule has 7 nitrogen and oxygen atoms in total. The van der Waals surface area contributed by atoms with Gasteiger partial charge in [0.25, 0.3) is 0 Å². The van der Waals surface area contributed by atoms with E-state index in [-0.39, 0.29) is 46.8 Å². The zero-order chi connectivity index (χ0) is 21.7. The predicted molar refractivity (Wildman–Crippen MR) is 109 cm³/mol. The minimum absolute atomic E-state index is 0.149. The number of carbonyl (C=O) groups excluding carboxylic acids is 4. The average Bonchev–Trinajstić information content (AvgIpc) is 3.47. The standard InChI is InChI=1S/C24H19NO6/c1-30-23(28)13-6-10-18(11-7-13)31-24(29)14-4-8-17(9-5-14)25-21(26)19-15-2-3-16(12-15)20(19)22(25)27/h2-11,15-16,19-20H,12H2,1H3/t15-,16-,19+,20+/m1/s1. The first kappa shape index (κ1) is 19.2. The van der Waals surface area contributed by atoms with Crippen molar-refractivity contribution in [1.29, 1.82) is 0 Å². The Morgan fingerprint density at radius 1 is 0.806 bits per heavy atom. The highest BCUT2D eigenvalue weighted by atomic mass is 16.5. The van der Waals surface area contributed by atoms with E-state index >= 15 is 0 Å². The van der Waals surface area contributed by atoms with Gasteiger partial charge in [0, 0.05) is 0 Å². The molecule has 1 heterocycles. The van der Waals surface area contributed by atoms with E-state index in [1.54, 1.807) is 12.1 Å². The molecule has 7 heteroatoms. The van der Waals surface area contributed by atoms with Crippen molar-refractivity contribution < 1.29 is 28.7 Å². The van der Waals surface area contributed by atoms with Gasteiger partial charge in [0.1, 0.15) is 5.75 Å². The fourth-order valence-electron chi connectivity index (χ4n) is 4.85. The molecule has 1 saturated carbocycles. The fourth-order valence-corrected chi connectivity index (χ4v) is 4.85. The molecule has 1 saturated heterocycles. The number of nitrogens with zero attached hydrogens (tertiary/aromatic N) is 1. The van der Waals surface area contributed by atoms with Gasteiger partial charge in [-0.3, -0.25) is 14.5 Å². The highest BCUT2D eigenvalue weighted by molar-refractivity contribution is 6.22. The van der Waals surface area contributed by atoms with Gasteiger partial charge in [-0.15, -0.1) is 0 Å². The molecule has 5 rings (SSSR count). The van der Waals surface area contributed by atoms with Gasteiger partial charge < -0.3 is 9.47 Å². The van der Waals surface area contributed by atoms with Gasteiger partial charge in [-0.1, -0.05) is 12.2 Å². The van der Waals surface area contributed by atoms with E-state index in [4.69, 9.17) is 4.74 Å². The Labute approximate surface area is 178 Å². The Balaban J connectivity index is 1.29. The van der Waals surface area contributed by atoms with Gasteiger partial charge in [-0.2, -0.15) is 0 Å². The van der Waals surface area contributed by atoms with Crippen LogP contribution in [0.3, 0.4) is 0 Å². The fraction of sp³-hybridized carbons (Fsp3) is 0.250. The summed E-state index contributed by atoms with van der Waals surface area (Å²) in [5.74, 6) is -1.33. The van der Waals surface area contributed by atoms with Crippen LogP contribution in [0.1, 0.15) is 27.1 Å². The number of methoxy groups -OCH3 is 1. The van der Waals surface area contributed by atoms with E-state index in [0.717, 1.165) is 6.42 Å². The van der Waals surface area contributed by atoms with E-state index in [1.807, 2.05) is 0 Å². The summed E-state index contributed by atoms with van der Waals surface area (Å²) in [6, 6.07) is 12.2. The third-order valence-electron chi connectivity index (χ3n) is 6.32. The van der Waals surface area contributed by atoms with Crippen LogP contribution in [0.15, 0.2) is 60.7 Å². The summed E-state index contributed by atoms with van der Waals surface area (Å²) in [7, 11) is 1.29. The number of fused-ring (bicyclic) bond motifs is 5. The highest BCUT2D eigenvalue weighted by Gasteiger charge is 2.59. The lowest BCUT2D eigenvalue weighted by atomic mass is 9.85. The van der Waals surface area contributed by atoms with E-state index in [0.29, 0.717) is 11.3 Å².